The maximum absolute atomic E-state index is 13.2. The van der Waals surface area contributed by atoms with Crippen LogP contribution >= 0.6 is 0 Å². The predicted molar refractivity (Wildman–Crippen MR) is 110 cm³/mol. The number of rotatable bonds is 7. The van der Waals surface area contributed by atoms with Gasteiger partial charge in [0.2, 0.25) is 15.9 Å². The molecule has 152 valence electrons. The molecule has 0 bridgehead atoms. The molecule has 3 aromatic carbocycles. The molecule has 0 aliphatic carbocycles. The summed E-state index contributed by atoms with van der Waals surface area (Å²) in [4.78, 5) is 12.5. The van der Waals surface area contributed by atoms with Crippen molar-refractivity contribution in [2.24, 2.45) is 0 Å². The Hall–Kier alpha value is -3.54. The van der Waals surface area contributed by atoms with E-state index in [-0.39, 0.29) is 11.4 Å². The fourth-order valence-corrected chi connectivity index (χ4v) is 4.18. The molecule has 0 atom stereocenters. The number of sulfonamides is 1. The third-order valence-corrected chi connectivity index (χ3v) is 6.05. The lowest BCUT2D eigenvalue weighted by Crippen LogP contribution is -2.37. The number of nitrogens with zero attached hydrogens (tertiary/aromatic N) is 2. The van der Waals surface area contributed by atoms with Crippen LogP contribution in [0.1, 0.15) is 11.1 Å². The van der Waals surface area contributed by atoms with Gasteiger partial charge in [-0.3, -0.25) is 4.79 Å². The first-order chi connectivity index (χ1) is 14.4. The van der Waals surface area contributed by atoms with Gasteiger partial charge in [0.25, 0.3) is 0 Å². The summed E-state index contributed by atoms with van der Waals surface area (Å²) in [6, 6.07) is 21.6. The predicted octanol–water partition coefficient (Wildman–Crippen LogP) is 3.53. The van der Waals surface area contributed by atoms with Crippen molar-refractivity contribution in [3.05, 3.63) is 95.8 Å². The topological polar surface area (TPSA) is 90.3 Å². The number of nitriles is 1. The lowest BCUT2D eigenvalue weighted by atomic mass is 10.2. The van der Waals surface area contributed by atoms with Gasteiger partial charge in [0, 0.05) is 12.2 Å². The maximum atomic E-state index is 13.2. The van der Waals surface area contributed by atoms with E-state index in [0.717, 1.165) is 28.6 Å². The summed E-state index contributed by atoms with van der Waals surface area (Å²) in [6.07, 6.45) is 0. The van der Waals surface area contributed by atoms with E-state index in [4.69, 9.17) is 5.26 Å². The summed E-state index contributed by atoms with van der Waals surface area (Å²) in [5, 5.41) is 11.6. The molecule has 0 saturated heterocycles. The molecular weight excluding hydrogens is 405 g/mol. The smallest absolute Gasteiger partial charge is 0.243 e. The molecule has 0 fully saturated rings. The van der Waals surface area contributed by atoms with E-state index in [0.29, 0.717) is 16.8 Å². The van der Waals surface area contributed by atoms with Crippen LogP contribution in [0.2, 0.25) is 0 Å². The highest BCUT2D eigenvalue weighted by Crippen LogP contribution is 2.19. The van der Waals surface area contributed by atoms with Crippen molar-refractivity contribution in [1.82, 2.24) is 4.31 Å². The Morgan fingerprint density at radius 3 is 2.37 bits per heavy atom. The normalized spacial score (nSPS) is 11.1. The van der Waals surface area contributed by atoms with Crippen molar-refractivity contribution in [3.63, 3.8) is 0 Å². The van der Waals surface area contributed by atoms with Gasteiger partial charge >= 0.3 is 0 Å². The molecule has 3 rings (SSSR count). The number of carbonyl (C=O) groups excluding carboxylic acids is 1. The second-order valence-corrected chi connectivity index (χ2v) is 8.39. The molecule has 3 aromatic rings. The van der Waals surface area contributed by atoms with Gasteiger partial charge in [0.1, 0.15) is 5.82 Å². The largest absolute Gasteiger partial charge is 0.325 e. The molecule has 0 unspecified atom stereocenters. The van der Waals surface area contributed by atoms with Crippen LogP contribution in [0.5, 0.6) is 0 Å². The van der Waals surface area contributed by atoms with Gasteiger partial charge in [0.15, 0.2) is 0 Å². The lowest BCUT2D eigenvalue weighted by molar-refractivity contribution is -0.116. The molecule has 0 aliphatic rings. The highest BCUT2D eigenvalue weighted by Gasteiger charge is 2.27. The highest BCUT2D eigenvalue weighted by molar-refractivity contribution is 7.89. The fourth-order valence-electron chi connectivity index (χ4n) is 2.80. The molecule has 0 aliphatic heterocycles. The Bertz CT molecular complexity index is 1170. The van der Waals surface area contributed by atoms with Gasteiger partial charge in [0.05, 0.1) is 23.1 Å². The minimum atomic E-state index is -4.06. The standard InChI is InChI=1S/C22H18FN3O3S/c23-19-9-11-21(12-10-19)30(28,29)26(15-17-5-2-1-3-6-17)16-22(27)25-20-8-4-7-18(13-20)14-24/h1-13H,15-16H2,(H,25,27). The zero-order valence-electron chi connectivity index (χ0n) is 15.8. The van der Waals surface area contributed by atoms with E-state index in [1.165, 1.54) is 6.07 Å². The Kier molecular flexibility index (Phi) is 6.57. The van der Waals surface area contributed by atoms with Gasteiger partial charge < -0.3 is 5.32 Å². The molecule has 1 amide bonds. The number of halogens is 1. The summed E-state index contributed by atoms with van der Waals surface area (Å²) in [5.41, 5.74) is 1.45. The SMILES string of the molecule is N#Cc1cccc(NC(=O)CN(Cc2ccccc2)S(=O)(=O)c2ccc(F)cc2)c1. The average Bonchev–Trinajstić information content (AvgIpc) is 2.74. The first-order valence-electron chi connectivity index (χ1n) is 8.98. The zero-order valence-corrected chi connectivity index (χ0v) is 16.6. The Balaban J connectivity index is 1.86. The van der Waals surface area contributed by atoms with E-state index in [9.17, 15) is 17.6 Å². The van der Waals surface area contributed by atoms with Crippen LogP contribution < -0.4 is 5.32 Å². The van der Waals surface area contributed by atoms with Crippen molar-refractivity contribution >= 4 is 21.6 Å². The van der Waals surface area contributed by atoms with Crippen LogP contribution in [0, 0.1) is 17.1 Å². The second-order valence-electron chi connectivity index (χ2n) is 6.45. The van der Waals surface area contributed by atoms with Crippen molar-refractivity contribution in [2.75, 3.05) is 11.9 Å². The number of carbonyl (C=O) groups is 1. The summed E-state index contributed by atoms with van der Waals surface area (Å²) < 4.78 is 40.5. The van der Waals surface area contributed by atoms with Crippen LogP contribution in [-0.2, 0) is 21.4 Å². The van der Waals surface area contributed by atoms with Gasteiger partial charge in [-0.1, -0.05) is 36.4 Å². The zero-order chi connectivity index (χ0) is 21.6. The molecule has 0 spiro atoms. The van der Waals surface area contributed by atoms with Gasteiger partial charge in [-0.05, 0) is 48.0 Å². The lowest BCUT2D eigenvalue weighted by Gasteiger charge is -2.22. The van der Waals surface area contributed by atoms with Crippen LogP contribution in [0.15, 0.2) is 83.8 Å². The molecular formula is C22H18FN3O3S. The van der Waals surface area contributed by atoms with Crippen LogP contribution in [0.4, 0.5) is 10.1 Å². The third-order valence-electron chi connectivity index (χ3n) is 4.25. The average molecular weight is 423 g/mol. The van der Waals surface area contributed by atoms with Crippen LogP contribution in [0.3, 0.4) is 0 Å². The molecule has 1 N–H and O–H groups in total. The van der Waals surface area contributed by atoms with Crippen molar-refractivity contribution in [2.45, 2.75) is 11.4 Å². The number of anilines is 1. The Labute approximate surface area is 174 Å². The van der Waals surface area contributed by atoms with Gasteiger partial charge in [-0.25, -0.2) is 12.8 Å². The van der Waals surface area contributed by atoms with Crippen molar-refractivity contribution in [1.29, 1.82) is 5.26 Å². The number of hydrogen-bond acceptors (Lipinski definition) is 4. The monoisotopic (exact) mass is 423 g/mol. The minimum Gasteiger partial charge on any atom is -0.325 e. The van der Waals surface area contributed by atoms with Gasteiger partial charge in [-0.15, -0.1) is 0 Å². The minimum absolute atomic E-state index is 0.0355. The highest BCUT2D eigenvalue weighted by atomic mass is 32.2. The fraction of sp³-hybridized carbons (Fsp3) is 0.0909. The van der Waals surface area contributed by atoms with Crippen molar-refractivity contribution < 1.29 is 17.6 Å². The molecule has 0 saturated carbocycles. The van der Waals surface area contributed by atoms with E-state index in [2.05, 4.69) is 5.32 Å². The van der Waals surface area contributed by atoms with E-state index < -0.39 is 28.3 Å². The molecule has 6 nitrogen and oxygen atoms in total. The molecule has 30 heavy (non-hydrogen) atoms. The molecule has 0 aromatic heterocycles. The van der Waals surface area contributed by atoms with Crippen LogP contribution in [-0.4, -0.2) is 25.2 Å². The van der Waals surface area contributed by atoms with E-state index >= 15 is 0 Å². The first kappa shape index (κ1) is 21.2. The molecule has 8 heteroatoms. The Morgan fingerprint density at radius 2 is 1.70 bits per heavy atom. The third kappa shape index (κ3) is 5.29. The maximum Gasteiger partial charge on any atom is 0.243 e. The van der Waals surface area contributed by atoms with E-state index in [1.807, 2.05) is 6.07 Å². The summed E-state index contributed by atoms with van der Waals surface area (Å²) in [6.45, 7) is -0.489. The summed E-state index contributed by atoms with van der Waals surface area (Å²) in [7, 11) is -4.06. The number of benzene rings is 3. The van der Waals surface area contributed by atoms with Gasteiger partial charge in [-0.2, -0.15) is 9.57 Å². The Morgan fingerprint density at radius 1 is 1.00 bits per heavy atom. The number of nitrogens with one attached hydrogen (secondary N) is 1. The second kappa shape index (κ2) is 9.31. The van der Waals surface area contributed by atoms with E-state index in [1.54, 1.807) is 48.5 Å². The summed E-state index contributed by atoms with van der Waals surface area (Å²) >= 11 is 0. The number of amides is 1. The quantitative estimate of drug-likeness (QED) is 0.630. The summed E-state index contributed by atoms with van der Waals surface area (Å²) in [5.74, 6) is -1.12. The van der Waals surface area contributed by atoms with Crippen LogP contribution in [0.25, 0.3) is 0 Å². The number of hydrogen-bond donors (Lipinski definition) is 1. The van der Waals surface area contributed by atoms with Crippen molar-refractivity contribution in [3.8, 4) is 6.07 Å². The first-order valence-corrected chi connectivity index (χ1v) is 10.4. The molecule has 0 heterocycles. The molecule has 0 radical (unpaired) electrons.